The maximum Gasteiger partial charge on any atom is 0.251 e. The molecule has 0 aliphatic carbocycles. The van der Waals surface area contributed by atoms with Crippen molar-refractivity contribution in [2.75, 3.05) is 29.5 Å². The first-order valence-corrected chi connectivity index (χ1v) is 11.6. The lowest BCUT2D eigenvalue weighted by molar-refractivity contribution is -0.121. The molecule has 1 unspecified atom stereocenters. The summed E-state index contributed by atoms with van der Waals surface area (Å²) < 4.78 is 23.5. The van der Waals surface area contributed by atoms with E-state index >= 15 is 0 Å². The Balaban J connectivity index is 1.74. The van der Waals surface area contributed by atoms with Crippen molar-refractivity contribution in [1.29, 1.82) is 0 Å². The minimum Gasteiger partial charge on any atom is -0.362 e. The maximum absolute atomic E-state index is 12.6. The second-order valence-corrected chi connectivity index (χ2v) is 10.6. The molecule has 2 heterocycles. The molecule has 2 aliphatic rings. The molecule has 0 radical (unpaired) electrons. The predicted molar refractivity (Wildman–Crippen MR) is 109 cm³/mol. The fraction of sp³-hybridized carbons (Fsp3) is 0.600. The molecule has 7 nitrogen and oxygen atoms in total. The zero-order valence-electron chi connectivity index (χ0n) is 16.7. The summed E-state index contributed by atoms with van der Waals surface area (Å²) in [5.41, 5.74) is 1.83. The van der Waals surface area contributed by atoms with Gasteiger partial charge in [0.1, 0.15) is 0 Å². The van der Waals surface area contributed by atoms with E-state index in [1.54, 1.807) is 6.92 Å². The monoisotopic (exact) mass is 407 g/mol. The second-order valence-electron chi connectivity index (χ2n) is 8.41. The minimum absolute atomic E-state index is 0.0121. The topological polar surface area (TPSA) is 95.6 Å². The quantitative estimate of drug-likeness (QED) is 0.766. The normalized spacial score (nSPS) is 23.4. The van der Waals surface area contributed by atoms with Crippen LogP contribution in [0.2, 0.25) is 0 Å². The third-order valence-electron chi connectivity index (χ3n) is 5.29. The number of anilines is 1. The number of hydrogen-bond acceptors (Lipinski definition) is 5. The average Bonchev–Trinajstić information content (AvgIpc) is 2.86. The van der Waals surface area contributed by atoms with E-state index < -0.39 is 15.4 Å². The van der Waals surface area contributed by atoms with E-state index in [1.807, 2.05) is 36.9 Å². The van der Waals surface area contributed by atoms with E-state index in [2.05, 4.69) is 10.6 Å². The molecule has 154 valence electrons. The summed E-state index contributed by atoms with van der Waals surface area (Å²) in [6.07, 6.45) is 2.10. The third kappa shape index (κ3) is 4.66. The van der Waals surface area contributed by atoms with Gasteiger partial charge in [0.15, 0.2) is 9.84 Å². The fourth-order valence-electron chi connectivity index (χ4n) is 4.08. The molecule has 1 atom stereocenters. The van der Waals surface area contributed by atoms with E-state index in [0.717, 1.165) is 30.6 Å². The summed E-state index contributed by atoms with van der Waals surface area (Å²) in [5.74, 6) is -0.182. The van der Waals surface area contributed by atoms with E-state index in [9.17, 15) is 18.0 Å². The number of fused-ring (bicyclic) bond motifs is 1. The van der Waals surface area contributed by atoms with E-state index in [-0.39, 0.29) is 35.9 Å². The van der Waals surface area contributed by atoms with Gasteiger partial charge < -0.3 is 15.5 Å². The summed E-state index contributed by atoms with van der Waals surface area (Å²) in [6.45, 7) is 6.51. The zero-order valence-corrected chi connectivity index (χ0v) is 17.6. The number of carbonyl (C=O) groups excluding carboxylic acids is 2. The van der Waals surface area contributed by atoms with Gasteiger partial charge in [-0.15, -0.1) is 0 Å². The highest BCUT2D eigenvalue weighted by atomic mass is 32.2. The third-order valence-corrected chi connectivity index (χ3v) is 7.19. The molecule has 28 heavy (non-hydrogen) atoms. The molecule has 1 fully saturated rings. The molecule has 8 heteroatoms. The van der Waals surface area contributed by atoms with E-state index in [0.29, 0.717) is 12.0 Å². The average molecular weight is 408 g/mol. The Morgan fingerprint density at radius 3 is 2.68 bits per heavy atom. The van der Waals surface area contributed by atoms with Crippen molar-refractivity contribution in [3.8, 4) is 0 Å². The van der Waals surface area contributed by atoms with Gasteiger partial charge in [-0.25, -0.2) is 8.42 Å². The largest absolute Gasteiger partial charge is 0.362 e. The SMILES string of the molecule is CC(C)NC(=O)c1cccc2c1CCCN2CC(=O)NC1(C)CCS(=O)(=O)C1. The van der Waals surface area contributed by atoms with Crippen LogP contribution in [0.3, 0.4) is 0 Å². The Kier molecular flexibility index (Phi) is 5.70. The van der Waals surface area contributed by atoms with Crippen LogP contribution in [-0.4, -0.2) is 56.4 Å². The summed E-state index contributed by atoms with van der Waals surface area (Å²) >= 11 is 0. The van der Waals surface area contributed by atoms with Crippen molar-refractivity contribution in [2.24, 2.45) is 0 Å². The number of amides is 2. The lowest BCUT2D eigenvalue weighted by atomic mass is 9.95. The van der Waals surface area contributed by atoms with Gasteiger partial charge >= 0.3 is 0 Å². The van der Waals surface area contributed by atoms with Gasteiger partial charge in [0.05, 0.1) is 23.6 Å². The summed E-state index contributed by atoms with van der Waals surface area (Å²) in [7, 11) is -3.08. The number of benzene rings is 1. The van der Waals surface area contributed by atoms with Crippen LogP contribution in [0, 0.1) is 0 Å². The molecular weight excluding hydrogens is 378 g/mol. The van der Waals surface area contributed by atoms with Gasteiger partial charge in [-0.3, -0.25) is 9.59 Å². The zero-order chi connectivity index (χ0) is 20.5. The number of carbonyl (C=O) groups is 2. The van der Waals surface area contributed by atoms with Gasteiger partial charge in [0, 0.05) is 23.8 Å². The van der Waals surface area contributed by atoms with Gasteiger partial charge in [0.2, 0.25) is 5.91 Å². The van der Waals surface area contributed by atoms with Crippen molar-refractivity contribution in [1.82, 2.24) is 10.6 Å². The van der Waals surface area contributed by atoms with Crippen LogP contribution in [0.15, 0.2) is 18.2 Å². The summed E-state index contributed by atoms with van der Waals surface area (Å²) in [4.78, 5) is 27.1. The molecule has 1 aromatic rings. The first-order valence-electron chi connectivity index (χ1n) is 9.78. The molecule has 1 saturated heterocycles. The molecule has 0 spiro atoms. The standard InChI is InChI=1S/C20H29N3O4S/c1-14(2)21-19(25)16-6-4-8-17-15(16)7-5-10-23(17)12-18(24)22-20(3)9-11-28(26,27)13-20/h4,6,8,14H,5,7,9-13H2,1-3H3,(H,21,25)(H,22,24). The molecule has 0 aromatic heterocycles. The first-order chi connectivity index (χ1) is 13.1. The molecule has 2 aliphatic heterocycles. The molecule has 0 saturated carbocycles. The summed E-state index contributed by atoms with van der Waals surface area (Å²) in [6, 6.07) is 5.66. The predicted octanol–water partition coefficient (Wildman–Crippen LogP) is 1.27. The van der Waals surface area contributed by atoms with Gasteiger partial charge in [-0.05, 0) is 57.7 Å². The Bertz CT molecular complexity index is 881. The van der Waals surface area contributed by atoms with Crippen LogP contribution in [0.5, 0.6) is 0 Å². The second kappa shape index (κ2) is 7.73. The highest BCUT2D eigenvalue weighted by Crippen LogP contribution is 2.30. The van der Waals surface area contributed by atoms with Crippen molar-refractivity contribution < 1.29 is 18.0 Å². The molecule has 1 aromatic carbocycles. The molecule has 2 N–H and O–H groups in total. The van der Waals surface area contributed by atoms with Crippen molar-refractivity contribution in [3.05, 3.63) is 29.3 Å². The van der Waals surface area contributed by atoms with Crippen LogP contribution in [0.25, 0.3) is 0 Å². The summed E-state index contributed by atoms with van der Waals surface area (Å²) in [5, 5.41) is 5.85. The van der Waals surface area contributed by atoms with Crippen molar-refractivity contribution >= 4 is 27.3 Å². The first kappa shape index (κ1) is 20.6. The van der Waals surface area contributed by atoms with Crippen LogP contribution < -0.4 is 15.5 Å². The molecule has 2 amide bonds. The van der Waals surface area contributed by atoms with E-state index in [1.165, 1.54) is 0 Å². The molecular formula is C20H29N3O4S. The van der Waals surface area contributed by atoms with Crippen molar-refractivity contribution in [3.63, 3.8) is 0 Å². The van der Waals surface area contributed by atoms with Gasteiger partial charge in [-0.2, -0.15) is 0 Å². The fourth-order valence-corrected chi connectivity index (χ4v) is 6.17. The van der Waals surface area contributed by atoms with Gasteiger partial charge in [0.25, 0.3) is 5.91 Å². The lowest BCUT2D eigenvalue weighted by Crippen LogP contribution is -2.51. The number of nitrogens with zero attached hydrogens (tertiary/aromatic N) is 1. The van der Waals surface area contributed by atoms with Crippen LogP contribution in [0.4, 0.5) is 5.69 Å². The number of sulfone groups is 1. The smallest absolute Gasteiger partial charge is 0.251 e. The van der Waals surface area contributed by atoms with Crippen LogP contribution in [0.1, 0.15) is 49.5 Å². The number of nitrogens with one attached hydrogen (secondary N) is 2. The maximum atomic E-state index is 12.6. The minimum atomic E-state index is -3.08. The molecule has 3 rings (SSSR count). The Labute approximate surface area is 166 Å². The number of hydrogen-bond donors (Lipinski definition) is 2. The highest BCUT2D eigenvalue weighted by molar-refractivity contribution is 7.91. The van der Waals surface area contributed by atoms with Crippen molar-refractivity contribution in [2.45, 2.75) is 51.6 Å². The lowest BCUT2D eigenvalue weighted by Gasteiger charge is -2.33. The van der Waals surface area contributed by atoms with E-state index in [4.69, 9.17) is 0 Å². The number of rotatable bonds is 5. The van der Waals surface area contributed by atoms with Crippen LogP contribution in [-0.2, 0) is 21.1 Å². The van der Waals surface area contributed by atoms with Gasteiger partial charge in [-0.1, -0.05) is 6.07 Å². The van der Waals surface area contributed by atoms with Crippen LogP contribution >= 0.6 is 0 Å². The molecule has 0 bridgehead atoms. The Morgan fingerprint density at radius 1 is 1.29 bits per heavy atom. The highest BCUT2D eigenvalue weighted by Gasteiger charge is 2.39. The Hall–Kier alpha value is -2.09. The Morgan fingerprint density at radius 2 is 2.04 bits per heavy atom.